The van der Waals surface area contributed by atoms with Crippen LogP contribution in [0.15, 0.2) is 12.1 Å². The predicted molar refractivity (Wildman–Crippen MR) is 75.7 cm³/mol. The fourth-order valence-electron chi connectivity index (χ4n) is 2.01. The van der Waals surface area contributed by atoms with E-state index in [0.717, 1.165) is 17.7 Å². The van der Waals surface area contributed by atoms with Crippen LogP contribution in [0.3, 0.4) is 0 Å². The van der Waals surface area contributed by atoms with Gasteiger partial charge in [0.05, 0.1) is 6.10 Å². The van der Waals surface area contributed by atoms with Gasteiger partial charge in [-0.1, -0.05) is 26.2 Å². The van der Waals surface area contributed by atoms with Gasteiger partial charge in [-0.25, -0.2) is 4.98 Å². The van der Waals surface area contributed by atoms with E-state index in [4.69, 9.17) is 10.5 Å². The van der Waals surface area contributed by atoms with E-state index in [-0.39, 0.29) is 6.10 Å². The zero-order chi connectivity index (χ0) is 13.4. The molecule has 102 valence electrons. The Morgan fingerprint density at radius 2 is 2.06 bits per heavy atom. The second-order valence-corrected chi connectivity index (χ2v) is 4.94. The minimum atomic E-state index is 0.224. The summed E-state index contributed by atoms with van der Waals surface area (Å²) in [4.78, 5) is 4.39. The van der Waals surface area contributed by atoms with Crippen LogP contribution in [0.5, 0.6) is 5.88 Å². The molecule has 1 rings (SSSR count). The predicted octanol–water partition coefficient (Wildman–Crippen LogP) is 3.59. The number of ether oxygens (including phenoxy) is 1. The summed E-state index contributed by atoms with van der Waals surface area (Å²) in [5.74, 6) is 0.707. The van der Waals surface area contributed by atoms with Crippen LogP contribution in [0, 0.1) is 6.92 Å². The molecule has 1 heterocycles. The second-order valence-electron chi connectivity index (χ2n) is 4.94. The van der Waals surface area contributed by atoms with Gasteiger partial charge >= 0.3 is 0 Å². The highest BCUT2D eigenvalue weighted by atomic mass is 16.5. The number of pyridine rings is 1. The van der Waals surface area contributed by atoms with E-state index in [0.29, 0.717) is 12.4 Å². The Bertz CT molecular complexity index is 352. The lowest BCUT2D eigenvalue weighted by atomic mass is 10.1. The van der Waals surface area contributed by atoms with Gasteiger partial charge in [0.1, 0.15) is 0 Å². The highest BCUT2D eigenvalue weighted by Gasteiger charge is 2.06. The Labute approximate surface area is 111 Å². The van der Waals surface area contributed by atoms with Gasteiger partial charge < -0.3 is 10.5 Å². The number of nitrogens with zero attached hydrogens (tertiary/aromatic N) is 1. The molecule has 0 aliphatic carbocycles. The molecule has 18 heavy (non-hydrogen) atoms. The number of unbranched alkanes of at least 4 members (excludes halogenated alkanes) is 3. The summed E-state index contributed by atoms with van der Waals surface area (Å²) < 4.78 is 5.85. The minimum Gasteiger partial charge on any atom is -0.475 e. The van der Waals surface area contributed by atoms with Crippen LogP contribution in [0.2, 0.25) is 0 Å². The Balaban J connectivity index is 2.43. The Kier molecular flexibility index (Phi) is 6.73. The van der Waals surface area contributed by atoms with Crippen LogP contribution in [0.1, 0.15) is 57.2 Å². The summed E-state index contributed by atoms with van der Waals surface area (Å²) in [7, 11) is 0. The fraction of sp³-hybridized carbons (Fsp3) is 0.667. The van der Waals surface area contributed by atoms with Gasteiger partial charge in [-0.3, -0.25) is 0 Å². The van der Waals surface area contributed by atoms with Gasteiger partial charge in [0.25, 0.3) is 0 Å². The molecular formula is C15H26N2O. The molecule has 0 aromatic carbocycles. The molecule has 0 radical (unpaired) electrons. The standard InChI is InChI=1S/C15H26N2O/c1-4-5-6-7-8-13(3)18-15-10-14(11-16)9-12(2)17-15/h9-10,13H,4-8,11,16H2,1-3H3. The molecule has 0 saturated heterocycles. The molecule has 1 unspecified atom stereocenters. The van der Waals surface area contributed by atoms with E-state index in [9.17, 15) is 0 Å². The monoisotopic (exact) mass is 250 g/mol. The van der Waals surface area contributed by atoms with Crippen molar-refractivity contribution in [3.8, 4) is 5.88 Å². The van der Waals surface area contributed by atoms with Crippen LogP contribution in [0.25, 0.3) is 0 Å². The highest BCUT2D eigenvalue weighted by molar-refractivity contribution is 5.24. The number of rotatable bonds is 8. The van der Waals surface area contributed by atoms with Crippen molar-refractivity contribution >= 4 is 0 Å². The topological polar surface area (TPSA) is 48.1 Å². The van der Waals surface area contributed by atoms with Gasteiger partial charge in [0.15, 0.2) is 0 Å². The lowest BCUT2D eigenvalue weighted by Gasteiger charge is -2.14. The summed E-state index contributed by atoms with van der Waals surface area (Å²) in [5, 5.41) is 0. The van der Waals surface area contributed by atoms with Crippen LogP contribution < -0.4 is 10.5 Å². The fourth-order valence-corrected chi connectivity index (χ4v) is 2.01. The van der Waals surface area contributed by atoms with Gasteiger partial charge in [0, 0.05) is 18.3 Å². The van der Waals surface area contributed by atoms with Crippen LogP contribution in [0.4, 0.5) is 0 Å². The number of hydrogen-bond acceptors (Lipinski definition) is 3. The third-order valence-corrected chi connectivity index (χ3v) is 3.01. The van der Waals surface area contributed by atoms with Crippen molar-refractivity contribution in [2.75, 3.05) is 0 Å². The van der Waals surface area contributed by atoms with Gasteiger partial charge in [0.2, 0.25) is 5.88 Å². The van der Waals surface area contributed by atoms with Crippen molar-refractivity contribution in [1.82, 2.24) is 4.98 Å². The van der Waals surface area contributed by atoms with E-state index < -0.39 is 0 Å². The minimum absolute atomic E-state index is 0.224. The van der Waals surface area contributed by atoms with Crippen molar-refractivity contribution in [1.29, 1.82) is 0 Å². The maximum Gasteiger partial charge on any atom is 0.214 e. The van der Waals surface area contributed by atoms with Gasteiger partial charge in [-0.15, -0.1) is 0 Å². The van der Waals surface area contributed by atoms with Gasteiger partial charge in [-0.2, -0.15) is 0 Å². The molecule has 0 spiro atoms. The third kappa shape index (κ3) is 5.50. The molecule has 0 amide bonds. The molecular weight excluding hydrogens is 224 g/mol. The molecule has 3 heteroatoms. The SMILES string of the molecule is CCCCCCC(C)Oc1cc(CN)cc(C)n1. The first-order valence-electron chi connectivity index (χ1n) is 7.00. The molecule has 0 saturated carbocycles. The first-order valence-corrected chi connectivity index (χ1v) is 7.00. The van der Waals surface area contributed by atoms with E-state index >= 15 is 0 Å². The second kappa shape index (κ2) is 8.09. The first kappa shape index (κ1) is 15.0. The van der Waals surface area contributed by atoms with Crippen molar-refractivity contribution in [3.63, 3.8) is 0 Å². The lowest BCUT2D eigenvalue weighted by Crippen LogP contribution is -2.13. The van der Waals surface area contributed by atoms with Crippen molar-refractivity contribution < 1.29 is 4.74 Å². The molecule has 1 aromatic rings. The molecule has 3 nitrogen and oxygen atoms in total. The molecule has 0 fully saturated rings. The maximum absolute atomic E-state index is 5.85. The number of aryl methyl sites for hydroxylation is 1. The van der Waals surface area contributed by atoms with Gasteiger partial charge in [-0.05, 0) is 38.3 Å². The average Bonchev–Trinajstić information content (AvgIpc) is 2.34. The van der Waals surface area contributed by atoms with E-state index in [1.165, 1.54) is 25.7 Å². The maximum atomic E-state index is 5.85. The van der Waals surface area contributed by atoms with Crippen molar-refractivity contribution in [2.24, 2.45) is 5.73 Å². The summed E-state index contributed by atoms with van der Waals surface area (Å²) >= 11 is 0. The summed E-state index contributed by atoms with van der Waals surface area (Å²) in [6.45, 7) is 6.84. The van der Waals surface area contributed by atoms with Crippen LogP contribution in [-0.2, 0) is 6.54 Å². The molecule has 0 aliphatic rings. The number of aromatic nitrogens is 1. The van der Waals surface area contributed by atoms with Crippen LogP contribution >= 0.6 is 0 Å². The summed E-state index contributed by atoms with van der Waals surface area (Å²) in [6, 6.07) is 3.94. The average molecular weight is 250 g/mol. The largest absolute Gasteiger partial charge is 0.475 e. The smallest absolute Gasteiger partial charge is 0.214 e. The van der Waals surface area contributed by atoms with E-state index in [1.54, 1.807) is 0 Å². The molecule has 2 N–H and O–H groups in total. The summed E-state index contributed by atoms with van der Waals surface area (Å²) in [6.07, 6.45) is 6.42. The highest BCUT2D eigenvalue weighted by Crippen LogP contribution is 2.16. The quantitative estimate of drug-likeness (QED) is 0.717. The lowest BCUT2D eigenvalue weighted by molar-refractivity contribution is 0.197. The zero-order valence-electron chi connectivity index (χ0n) is 11.9. The van der Waals surface area contributed by atoms with E-state index in [2.05, 4.69) is 18.8 Å². The van der Waals surface area contributed by atoms with Crippen LogP contribution in [-0.4, -0.2) is 11.1 Å². The number of hydrogen-bond donors (Lipinski definition) is 1. The normalized spacial score (nSPS) is 12.4. The Morgan fingerprint density at radius 1 is 1.28 bits per heavy atom. The summed E-state index contributed by atoms with van der Waals surface area (Å²) in [5.41, 5.74) is 7.69. The molecule has 1 aromatic heterocycles. The van der Waals surface area contributed by atoms with E-state index in [1.807, 2.05) is 19.1 Å². The molecule has 0 aliphatic heterocycles. The van der Waals surface area contributed by atoms with Crippen molar-refractivity contribution in [3.05, 3.63) is 23.4 Å². The Morgan fingerprint density at radius 3 is 2.72 bits per heavy atom. The van der Waals surface area contributed by atoms with Crippen molar-refractivity contribution in [2.45, 2.75) is 65.5 Å². The zero-order valence-corrected chi connectivity index (χ0v) is 11.9. The molecule has 1 atom stereocenters. The Hall–Kier alpha value is -1.09. The first-order chi connectivity index (χ1) is 8.65. The number of nitrogens with two attached hydrogens (primary N) is 1. The third-order valence-electron chi connectivity index (χ3n) is 3.01. The molecule has 0 bridgehead atoms.